The van der Waals surface area contributed by atoms with Crippen molar-refractivity contribution in [3.8, 4) is 0 Å². The minimum Gasteiger partial charge on any atom is -0.396 e. The summed E-state index contributed by atoms with van der Waals surface area (Å²) in [6, 6.07) is 6.97. The number of nitrogens with one attached hydrogen (secondary N) is 1. The second kappa shape index (κ2) is 7.38. The number of hydrogen-bond acceptors (Lipinski definition) is 4. The summed E-state index contributed by atoms with van der Waals surface area (Å²) in [5.41, 5.74) is 7.79. The number of hydrogen-bond donors (Lipinski definition) is 3. The number of aliphatic hydroxyl groups excluding tert-OH is 1. The number of aliphatic hydroxyl groups is 1. The van der Waals surface area contributed by atoms with Crippen molar-refractivity contribution in [1.29, 1.82) is 0 Å². The predicted octanol–water partition coefficient (Wildman–Crippen LogP) is 0.914. The van der Waals surface area contributed by atoms with Crippen molar-refractivity contribution in [3.63, 3.8) is 0 Å². The van der Waals surface area contributed by atoms with Gasteiger partial charge < -0.3 is 20.9 Å². The summed E-state index contributed by atoms with van der Waals surface area (Å²) in [5, 5.41) is 11.7. The first-order valence-corrected chi connectivity index (χ1v) is 7.04. The Labute approximate surface area is 119 Å². The van der Waals surface area contributed by atoms with E-state index in [0.717, 1.165) is 24.1 Å². The van der Waals surface area contributed by atoms with Gasteiger partial charge in [-0.25, -0.2) is 0 Å². The van der Waals surface area contributed by atoms with Crippen LogP contribution in [0.25, 0.3) is 0 Å². The molecular weight excluding hydrogens is 256 g/mol. The SMILES string of the molecule is NC(C(=O)Nc1ccc(CCO)cc1)C1CCOCC1. The van der Waals surface area contributed by atoms with E-state index in [9.17, 15) is 4.79 Å². The van der Waals surface area contributed by atoms with Crippen LogP contribution in [-0.2, 0) is 16.0 Å². The van der Waals surface area contributed by atoms with Crippen molar-refractivity contribution >= 4 is 11.6 Å². The highest BCUT2D eigenvalue weighted by atomic mass is 16.5. The summed E-state index contributed by atoms with van der Waals surface area (Å²) >= 11 is 0. The van der Waals surface area contributed by atoms with Gasteiger partial charge in [0.1, 0.15) is 0 Å². The summed E-state index contributed by atoms with van der Waals surface area (Å²) in [5.74, 6) is 0.0456. The number of nitrogens with two attached hydrogens (primary N) is 1. The molecule has 4 N–H and O–H groups in total. The lowest BCUT2D eigenvalue weighted by atomic mass is 9.92. The van der Waals surface area contributed by atoms with Crippen LogP contribution in [0.1, 0.15) is 18.4 Å². The van der Waals surface area contributed by atoms with E-state index in [-0.39, 0.29) is 18.4 Å². The maximum absolute atomic E-state index is 12.1. The topological polar surface area (TPSA) is 84.6 Å². The van der Waals surface area contributed by atoms with Crippen LogP contribution in [0.4, 0.5) is 5.69 Å². The highest BCUT2D eigenvalue weighted by molar-refractivity contribution is 5.94. The third-order valence-electron chi connectivity index (χ3n) is 3.70. The standard InChI is InChI=1S/C15H22N2O3/c16-14(12-6-9-20-10-7-12)15(19)17-13-3-1-11(2-4-13)5-8-18/h1-4,12,14,18H,5-10,16H2,(H,17,19). The number of carbonyl (C=O) groups excluding carboxylic acids is 1. The van der Waals surface area contributed by atoms with Crippen molar-refractivity contribution in [2.45, 2.75) is 25.3 Å². The molecule has 110 valence electrons. The van der Waals surface area contributed by atoms with E-state index >= 15 is 0 Å². The molecule has 1 aromatic carbocycles. The molecule has 1 heterocycles. The van der Waals surface area contributed by atoms with Crippen molar-refractivity contribution in [1.82, 2.24) is 0 Å². The zero-order chi connectivity index (χ0) is 14.4. The fraction of sp³-hybridized carbons (Fsp3) is 0.533. The first kappa shape index (κ1) is 15.0. The van der Waals surface area contributed by atoms with E-state index in [0.29, 0.717) is 19.6 Å². The summed E-state index contributed by atoms with van der Waals surface area (Å²) < 4.78 is 5.28. The molecule has 1 aliphatic rings. The van der Waals surface area contributed by atoms with Crippen molar-refractivity contribution < 1.29 is 14.6 Å². The quantitative estimate of drug-likeness (QED) is 0.747. The smallest absolute Gasteiger partial charge is 0.241 e. The van der Waals surface area contributed by atoms with Crippen molar-refractivity contribution in [3.05, 3.63) is 29.8 Å². The van der Waals surface area contributed by atoms with E-state index in [1.807, 2.05) is 24.3 Å². The zero-order valence-corrected chi connectivity index (χ0v) is 11.5. The van der Waals surface area contributed by atoms with Gasteiger partial charge in [-0.2, -0.15) is 0 Å². The van der Waals surface area contributed by atoms with Gasteiger partial charge in [-0.3, -0.25) is 4.79 Å². The van der Waals surface area contributed by atoms with Crippen molar-refractivity contribution in [2.24, 2.45) is 11.7 Å². The van der Waals surface area contributed by atoms with Crippen LogP contribution in [0.2, 0.25) is 0 Å². The Kier molecular flexibility index (Phi) is 5.52. The molecule has 1 fully saturated rings. The van der Waals surface area contributed by atoms with E-state index in [4.69, 9.17) is 15.6 Å². The van der Waals surface area contributed by atoms with Gasteiger partial charge in [-0.05, 0) is 42.9 Å². The third kappa shape index (κ3) is 4.03. The van der Waals surface area contributed by atoms with E-state index in [1.165, 1.54) is 0 Å². The van der Waals surface area contributed by atoms with Crippen LogP contribution in [0.5, 0.6) is 0 Å². The number of benzene rings is 1. The van der Waals surface area contributed by atoms with Gasteiger partial charge in [0, 0.05) is 25.5 Å². The molecule has 1 unspecified atom stereocenters. The van der Waals surface area contributed by atoms with Gasteiger partial charge in [0.15, 0.2) is 0 Å². The Morgan fingerprint density at radius 3 is 2.60 bits per heavy atom. The molecule has 5 heteroatoms. The average molecular weight is 278 g/mol. The highest BCUT2D eigenvalue weighted by Crippen LogP contribution is 2.19. The molecule has 0 radical (unpaired) electrons. The molecule has 0 aromatic heterocycles. The van der Waals surface area contributed by atoms with Gasteiger partial charge >= 0.3 is 0 Å². The molecule has 1 aromatic rings. The summed E-state index contributed by atoms with van der Waals surface area (Å²) in [6.07, 6.45) is 2.30. The molecule has 0 saturated carbocycles. The lowest BCUT2D eigenvalue weighted by molar-refractivity contribution is -0.119. The first-order chi connectivity index (χ1) is 9.70. The number of ether oxygens (including phenoxy) is 1. The summed E-state index contributed by atoms with van der Waals surface area (Å²) in [4.78, 5) is 12.1. The van der Waals surface area contributed by atoms with E-state index < -0.39 is 6.04 Å². The Morgan fingerprint density at radius 1 is 1.35 bits per heavy atom. The molecule has 1 saturated heterocycles. The largest absolute Gasteiger partial charge is 0.396 e. The molecule has 1 amide bonds. The monoisotopic (exact) mass is 278 g/mol. The molecule has 0 aliphatic carbocycles. The second-order valence-corrected chi connectivity index (χ2v) is 5.14. The minimum atomic E-state index is -0.490. The first-order valence-electron chi connectivity index (χ1n) is 7.04. The summed E-state index contributed by atoms with van der Waals surface area (Å²) in [7, 11) is 0. The number of carbonyl (C=O) groups is 1. The Bertz CT molecular complexity index is 427. The minimum absolute atomic E-state index is 0.125. The Balaban J connectivity index is 1.89. The van der Waals surface area contributed by atoms with Crippen LogP contribution in [0.15, 0.2) is 24.3 Å². The van der Waals surface area contributed by atoms with Crippen LogP contribution in [0, 0.1) is 5.92 Å². The van der Waals surface area contributed by atoms with Gasteiger partial charge in [0.05, 0.1) is 6.04 Å². The van der Waals surface area contributed by atoms with Crippen LogP contribution < -0.4 is 11.1 Å². The van der Waals surface area contributed by atoms with Gasteiger partial charge in [0.2, 0.25) is 5.91 Å². The molecule has 20 heavy (non-hydrogen) atoms. The predicted molar refractivity (Wildman–Crippen MR) is 77.4 cm³/mol. The van der Waals surface area contributed by atoms with Crippen LogP contribution in [-0.4, -0.2) is 36.9 Å². The molecule has 2 rings (SSSR count). The third-order valence-corrected chi connectivity index (χ3v) is 3.70. The second-order valence-electron chi connectivity index (χ2n) is 5.14. The molecule has 5 nitrogen and oxygen atoms in total. The highest BCUT2D eigenvalue weighted by Gasteiger charge is 2.26. The van der Waals surface area contributed by atoms with E-state index in [2.05, 4.69) is 5.32 Å². The molecule has 0 spiro atoms. The molecule has 1 aliphatic heterocycles. The van der Waals surface area contributed by atoms with Crippen molar-refractivity contribution in [2.75, 3.05) is 25.1 Å². The van der Waals surface area contributed by atoms with Gasteiger partial charge in [0.25, 0.3) is 0 Å². The van der Waals surface area contributed by atoms with Gasteiger partial charge in [-0.1, -0.05) is 12.1 Å². The number of anilines is 1. The Hall–Kier alpha value is -1.43. The lowest BCUT2D eigenvalue weighted by Gasteiger charge is -2.26. The molecular formula is C15H22N2O3. The maximum Gasteiger partial charge on any atom is 0.241 e. The molecule has 0 bridgehead atoms. The van der Waals surface area contributed by atoms with E-state index in [1.54, 1.807) is 0 Å². The normalized spacial score (nSPS) is 17.7. The lowest BCUT2D eigenvalue weighted by Crippen LogP contribution is -2.43. The number of rotatable bonds is 5. The van der Waals surface area contributed by atoms with Crippen LogP contribution >= 0.6 is 0 Å². The van der Waals surface area contributed by atoms with Gasteiger partial charge in [-0.15, -0.1) is 0 Å². The fourth-order valence-corrected chi connectivity index (χ4v) is 2.40. The molecule has 1 atom stereocenters. The summed E-state index contributed by atoms with van der Waals surface area (Å²) in [6.45, 7) is 1.49. The zero-order valence-electron chi connectivity index (χ0n) is 11.5. The van der Waals surface area contributed by atoms with Crippen LogP contribution in [0.3, 0.4) is 0 Å². The fourth-order valence-electron chi connectivity index (χ4n) is 2.40. The maximum atomic E-state index is 12.1. The Morgan fingerprint density at radius 2 is 2.00 bits per heavy atom. The average Bonchev–Trinajstić information content (AvgIpc) is 2.49. The number of amides is 1.